The van der Waals surface area contributed by atoms with Gasteiger partial charge in [-0.2, -0.15) is 0 Å². The van der Waals surface area contributed by atoms with Crippen LogP contribution >= 0.6 is 0 Å². The van der Waals surface area contributed by atoms with Gasteiger partial charge in [0, 0.05) is 11.7 Å². The summed E-state index contributed by atoms with van der Waals surface area (Å²) in [6.07, 6.45) is 0. The van der Waals surface area contributed by atoms with Crippen LogP contribution in [0.4, 0.5) is 5.69 Å². The van der Waals surface area contributed by atoms with Crippen molar-refractivity contribution in [2.75, 3.05) is 5.32 Å². The van der Waals surface area contributed by atoms with Gasteiger partial charge in [0.1, 0.15) is 0 Å². The summed E-state index contributed by atoms with van der Waals surface area (Å²) in [5.41, 5.74) is 4.07. The molecule has 0 saturated carbocycles. The highest BCUT2D eigenvalue weighted by Gasteiger charge is 2.07. The van der Waals surface area contributed by atoms with Crippen molar-refractivity contribution in [3.8, 4) is 0 Å². The van der Waals surface area contributed by atoms with Gasteiger partial charge in [0.2, 0.25) is 10.0 Å². The molecule has 2 aromatic rings. The van der Waals surface area contributed by atoms with Gasteiger partial charge in [-0.1, -0.05) is 42.0 Å². The van der Waals surface area contributed by atoms with Crippen LogP contribution in [-0.2, 0) is 15.8 Å². The molecule has 5 heteroatoms. The van der Waals surface area contributed by atoms with Crippen LogP contribution in [0.25, 0.3) is 0 Å². The van der Waals surface area contributed by atoms with E-state index >= 15 is 0 Å². The van der Waals surface area contributed by atoms with E-state index in [0.29, 0.717) is 5.56 Å². The number of primary sulfonamides is 1. The van der Waals surface area contributed by atoms with Gasteiger partial charge in [-0.3, -0.25) is 0 Å². The summed E-state index contributed by atoms with van der Waals surface area (Å²) < 4.78 is 22.1. The molecule has 0 heterocycles. The highest BCUT2D eigenvalue weighted by atomic mass is 32.2. The fourth-order valence-corrected chi connectivity index (χ4v) is 2.78. The molecule has 112 valence electrons. The highest BCUT2D eigenvalue weighted by molar-refractivity contribution is 7.88. The Balaban J connectivity index is 2.04. The third kappa shape index (κ3) is 4.88. The Labute approximate surface area is 126 Å². The lowest BCUT2D eigenvalue weighted by molar-refractivity contribution is 0.597. The van der Waals surface area contributed by atoms with Crippen molar-refractivity contribution in [3.63, 3.8) is 0 Å². The molecule has 0 fully saturated rings. The molecule has 21 heavy (non-hydrogen) atoms. The predicted molar refractivity (Wildman–Crippen MR) is 86.5 cm³/mol. The molecule has 1 atom stereocenters. The van der Waals surface area contributed by atoms with Crippen molar-refractivity contribution in [2.24, 2.45) is 5.14 Å². The molecule has 2 aromatic carbocycles. The lowest BCUT2D eigenvalue weighted by Gasteiger charge is -2.16. The zero-order chi connectivity index (χ0) is 15.5. The Hall–Kier alpha value is -1.85. The minimum atomic E-state index is -3.48. The first-order chi connectivity index (χ1) is 9.83. The summed E-state index contributed by atoms with van der Waals surface area (Å²) in [5.74, 6) is -0.138. The smallest absolute Gasteiger partial charge is 0.213 e. The molecule has 0 radical (unpaired) electrons. The maximum atomic E-state index is 11.0. The summed E-state index contributed by atoms with van der Waals surface area (Å²) in [6, 6.07) is 15.8. The van der Waals surface area contributed by atoms with Crippen molar-refractivity contribution < 1.29 is 8.42 Å². The largest absolute Gasteiger partial charge is 0.379 e. The fourth-order valence-electron chi connectivity index (χ4n) is 2.12. The number of nitrogens with two attached hydrogens (primary N) is 1. The minimum Gasteiger partial charge on any atom is -0.379 e. The summed E-state index contributed by atoms with van der Waals surface area (Å²) in [6.45, 7) is 4.15. The van der Waals surface area contributed by atoms with Crippen LogP contribution < -0.4 is 10.5 Å². The van der Waals surface area contributed by atoms with E-state index < -0.39 is 10.0 Å². The fraction of sp³-hybridized carbons (Fsp3) is 0.250. The Morgan fingerprint density at radius 2 is 1.62 bits per heavy atom. The topological polar surface area (TPSA) is 72.2 Å². The quantitative estimate of drug-likeness (QED) is 0.892. The van der Waals surface area contributed by atoms with E-state index in [4.69, 9.17) is 5.14 Å². The van der Waals surface area contributed by atoms with Gasteiger partial charge >= 0.3 is 0 Å². The normalized spacial score (nSPS) is 12.9. The third-order valence-electron chi connectivity index (χ3n) is 3.28. The molecule has 0 spiro atoms. The Morgan fingerprint density at radius 1 is 1.05 bits per heavy atom. The standard InChI is InChI=1S/C16H20N2O2S/c1-12-3-7-15(8-4-12)13(2)18-16-9-5-14(6-10-16)11-21(17,19)20/h3-10,13,18H,11H2,1-2H3,(H2,17,19,20). The molecule has 3 N–H and O–H groups in total. The summed E-state index contributed by atoms with van der Waals surface area (Å²) in [4.78, 5) is 0. The monoisotopic (exact) mass is 304 g/mol. The number of sulfonamides is 1. The second-order valence-corrected chi connectivity index (χ2v) is 6.90. The van der Waals surface area contributed by atoms with E-state index in [9.17, 15) is 8.42 Å². The first-order valence-electron chi connectivity index (χ1n) is 6.76. The molecule has 0 aliphatic carbocycles. The molecule has 2 rings (SSSR count). The molecular weight excluding hydrogens is 284 g/mol. The van der Waals surface area contributed by atoms with E-state index in [1.54, 1.807) is 12.1 Å². The summed E-state index contributed by atoms with van der Waals surface area (Å²) in [7, 11) is -3.48. The maximum Gasteiger partial charge on any atom is 0.213 e. The molecule has 0 bridgehead atoms. The van der Waals surface area contributed by atoms with Crippen molar-refractivity contribution >= 4 is 15.7 Å². The SMILES string of the molecule is Cc1ccc(C(C)Nc2ccc(CS(N)(=O)=O)cc2)cc1. The predicted octanol–water partition coefficient (Wildman–Crippen LogP) is 2.96. The van der Waals surface area contributed by atoms with Gasteiger partial charge in [0.15, 0.2) is 0 Å². The number of aryl methyl sites for hydroxylation is 1. The van der Waals surface area contributed by atoms with E-state index in [1.165, 1.54) is 11.1 Å². The number of benzene rings is 2. The summed E-state index contributed by atoms with van der Waals surface area (Å²) in [5, 5.41) is 8.42. The van der Waals surface area contributed by atoms with Crippen LogP contribution in [-0.4, -0.2) is 8.42 Å². The average molecular weight is 304 g/mol. The molecule has 0 amide bonds. The van der Waals surface area contributed by atoms with Crippen LogP contribution in [0.1, 0.15) is 29.7 Å². The van der Waals surface area contributed by atoms with Gasteiger partial charge in [-0.25, -0.2) is 13.6 Å². The van der Waals surface area contributed by atoms with Crippen LogP contribution in [0.5, 0.6) is 0 Å². The van der Waals surface area contributed by atoms with Crippen molar-refractivity contribution in [2.45, 2.75) is 25.6 Å². The van der Waals surface area contributed by atoms with E-state index in [-0.39, 0.29) is 11.8 Å². The first kappa shape index (κ1) is 15.5. The van der Waals surface area contributed by atoms with E-state index in [1.807, 2.05) is 12.1 Å². The Morgan fingerprint density at radius 3 is 2.14 bits per heavy atom. The lowest BCUT2D eigenvalue weighted by atomic mass is 10.1. The second-order valence-electron chi connectivity index (χ2n) is 5.28. The van der Waals surface area contributed by atoms with Crippen molar-refractivity contribution in [1.82, 2.24) is 0 Å². The van der Waals surface area contributed by atoms with Crippen molar-refractivity contribution in [1.29, 1.82) is 0 Å². The van der Waals surface area contributed by atoms with Crippen LogP contribution in [0, 0.1) is 6.92 Å². The van der Waals surface area contributed by atoms with Crippen LogP contribution in [0.2, 0.25) is 0 Å². The Kier molecular flexibility index (Phi) is 4.65. The van der Waals surface area contributed by atoms with Gasteiger partial charge in [-0.15, -0.1) is 0 Å². The number of nitrogens with one attached hydrogen (secondary N) is 1. The zero-order valence-electron chi connectivity index (χ0n) is 12.2. The molecule has 4 nitrogen and oxygen atoms in total. The second kappa shape index (κ2) is 6.28. The maximum absolute atomic E-state index is 11.0. The van der Waals surface area contributed by atoms with Gasteiger partial charge < -0.3 is 5.32 Å². The molecular formula is C16H20N2O2S. The molecule has 0 aliphatic heterocycles. The van der Waals surface area contributed by atoms with Gasteiger partial charge in [0.25, 0.3) is 0 Å². The van der Waals surface area contributed by atoms with Crippen molar-refractivity contribution in [3.05, 3.63) is 65.2 Å². The molecule has 0 aliphatic rings. The molecule has 1 unspecified atom stereocenters. The number of hydrogen-bond donors (Lipinski definition) is 2. The van der Waals surface area contributed by atoms with E-state index in [0.717, 1.165) is 5.69 Å². The number of anilines is 1. The first-order valence-corrected chi connectivity index (χ1v) is 8.47. The lowest BCUT2D eigenvalue weighted by Crippen LogP contribution is -2.14. The van der Waals surface area contributed by atoms with Crippen LogP contribution in [0.3, 0.4) is 0 Å². The zero-order valence-corrected chi connectivity index (χ0v) is 13.0. The highest BCUT2D eigenvalue weighted by Crippen LogP contribution is 2.20. The number of rotatable bonds is 5. The van der Waals surface area contributed by atoms with Gasteiger partial charge in [0.05, 0.1) is 5.75 Å². The Bertz CT molecular complexity index is 692. The molecule has 0 aromatic heterocycles. The minimum absolute atomic E-state index is 0.138. The number of hydrogen-bond acceptors (Lipinski definition) is 3. The van der Waals surface area contributed by atoms with E-state index in [2.05, 4.69) is 43.4 Å². The third-order valence-corrected chi connectivity index (χ3v) is 4.02. The van der Waals surface area contributed by atoms with Gasteiger partial charge in [-0.05, 0) is 37.1 Å². The van der Waals surface area contributed by atoms with Crippen LogP contribution in [0.15, 0.2) is 48.5 Å². The summed E-state index contributed by atoms with van der Waals surface area (Å²) >= 11 is 0. The molecule has 0 saturated heterocycles. The average Bonchev–Trinajstić information content (AvgIpc) is 2.40.